The molecule has 1 N–H and O–H groups in total. The SMILES string of the molecule is CC(C)CCCCC1CCC2C3=C(CCC12C)C1(C)CCC(O)CC1=CC3. The smallest absolute Gasteiger partial charge is 0.0578 e. The van der Waals surface area contributed by atoms with E-state index in [4.69, 9.17) is 0 Å². The fraction of sp³-hybridized carbons (Fsp3) is 0.846. The van der Waals surface area contributed by atoms with Gasteiger partial charge in [0.05, 0.1) is 6.10 Å². The van der Waals surface area contributed by atoms with Crippen LogP contribution in [0.2, 0.25) is 0 Å². The maximum Gasteiger partial charge on any atom is 0.0578 e. The van der Waals surface area contributed by atoms with E-state index in [1.165, 1.54) is 64.2 Å². The van der Waals surface area contributed by atoms with Crippen LogP contribution in [0.5, 0.6) is 0 Å². The standard InChI is InChI=1S/C26H42O/c1-18(2)7-5-6-8-19-10-12-23-22-11-9-20-17-21(27)13-15-26(20,4)24(22)14-16-25(19,23)3/h9,18-19,21,23,27H,5-8,10-17H2,1-4H3. The van der Waals surface area contributed by atoms with E-state index in [1.54, 1.807) is 5.57 Å². The highest BCUT2D eigenvalue weighted by Crippen LogP contribution is 2.64. The van der Waals surface area contributed by atoms with Crippen LogP contribution in [0.3, 0.4) is 0 Å². The maximum atomic E-state index is 10.2. The molecule has 27 heavy (non-hydrogen) atoms. The van der Waals surface area contributed by atoms with Crippen LogP contribution in [0.15, 0.2) is 22.8 Å². The van der Waals surface area contributed by atoms with Gasteiger partial charge in [-0.2, -0.15) is 0 Å². The second-order valence-corrected chi connectivity index (χ2v) is 11.2. The first kappa shape index (κ1) is 19.7. The Hall–Kier alpha value is -0.560. The van der Waals surface area contributed by atoms with Crippen molar-refractivity contribution in [2.75, 3.05) is 0 Å². The third-order valence-corrected chi connectivity index (χ3v) is 9.21. The zero-order chi connectivity index (χ0) is 19.2. The Morgan fingerprint density at radius 1 is 1.11 bits per heavy atom. The van der Waals surface area contributed by atoms with Gasteiger partial charge in [0.2, 0.25) is 0 Å². The predicted octanol–water partition coefficient (Wildman–Crippen LogP) is 7.21. The molecule has 1 nitrogen and oxygen atoms in total. The van der Waals surface area contributed by atoms with Gasteiger partial charge in [0.1, 0.15) is 0 Å². The minimum absolute atomic E-state index is 0.0953. The van der Waals surface area contributed by atoms with Gasteiger partial charge in [-0.1, -0.05) is 69.8 Å². The van der Waals surface area contributed by atoms with Crippen molar-refractivity contribution < 1.29 is 5.11 Å². The van der Waals surface area contributed by atoms with Gasteiger partial charge in [0, 0.05) is 5.41 Å². The Balaban J connectivity index is 1.49. The summed E-state index contributed by atoms with van der Waals surface area (Å²) in [5, 5.41) is 10.2. The van der Waals surface area contributed by atoms with Crippen molar-refractivity contribution in [3.63, 3.8) is 0 Å². The van der Waals surface area contributed by atoms with Crippen LogP contribution in [-0.2, 0) is 0 Å². The molecule has 0 aliphatic heterocycles. The summed E-state index contributed by atoms with van der Waals surface area (Å²) in [7, 11) is 0. The molecule has 1 heteroatoms. The molecule has 0 aromatic heterocycles. The lowest BCUT2D eigenvalue weighted by Crippen LogP contribution is -2.41. The molecule has 0 saturated heterocycles. The third-order valence-electron chi connectivity index (χ3n) is 9.21. The number of rotatable bonds is 5. The first-order chi connectivity index (χ1) is 12.8. The maximum absolute atomic E-state index is 10.2. The van der Waals surface area contributed by atoms with E-state index < -0.39 is 0 Å². The van der Waals surface area contributed by atoms with Crippen LogP contribution in [0.25, 0.3) is 0 Å². The molecule has 152 valence electrons. The van der Waals surface area contributed by atoms with E-state index in [0.717, 1.165) is 30.6 Å². The molecule has 0 amide bonds. The molecule has 4 aliphatic carbocycles. The summed E-state index contributed by atoms with van der Waals surface area (Å²) in [6.45, 7) is 9.86. The van der Waals surface area contributed by atoms with Crippen molar-refractivity contribution in [3.8, 4) is 0 Å². The van der Waals surface area contributed by atoms with Gasteiger partial charge >= 0.3 is 0 Å². The van der Waals surface area contributed by atoms with E-state index in [1.807, 2.05) is 11.1 Å². The quantitative estimate of drug-likeness (QED) is 0.400. The lowest BCUT2D eigenvalue weighted by Gasteiger charge is -2.51. The Morgan fingerprint density at radius 2 is 1.93 bits per heavy atom. The highest BCUT2D eigenvalue weighted by molar-refractivity contribution is 5.43. The number of unbranched alkanes of at least 4 members (excludes halogenated alkanes) is 1. The van der Waals surface area contributed by atoms with E-state index in [9.17, 15) is 5.11 Å². The van der Waals surface area contributed by atoms with Crippen molar-refractivity contribution in [1.29, 1.82) is 0 Å². The Labute approximate surface area is 167 Å². The highest BCUT2D eigenvalue weighted by atomic mass is 16.3. The fourth-order valence-corrected chi connectivity index (χ4v) is 7.42. The lowest BCUT2D eigenvalue weighted by atomic mass is 9.54. The van der Waals surface area contributed by atoms with Crippen molar-refractivity contribution in [2.24, 2.45) is 28.6 Å². The van der Waals surface area contributed by atoms with Gasteiger partial charge in [0.15, 0.2) is 0 Å². The molecular weight excluding hydrogens is 328 g/mol. The van der Waals surface area contributed by atoms with Crippen molar-refractivity contribution >= 4 is 0 Å². The van der Waals surface area contributed by atoms with Crippen molar-refractivity contribution in [3.05, 3.63) is 22.8 Å². The summed E-state index contributed by atoms with van der Waals surface area (Å²) in [6, 6.07) is 0. The minimum Gasteiger partial charge on any atom is -0.393 e. The Bertz CT molecular complexity index is 626. The molecule has 0 aromatic rings. The summed E-state index contributed by atoms with van der Waals surface area (Å²) in [5.41, 5.74) is 6.06. The summed E-state index contributed by atoms with van der Waals surface area (Å²) in [4.78, 5) is 0. The van der Waals surface area contributed by atoms with Crippen LogP contribution < -0.4 is 0 Å². The second kappa shape index (κ2) is 7.36. The topological polar surface area (TPSA) is 20.2 Å². The van der Waals surface area contributed by atoms with Crippen LogP contribution >= 0.6 is 0 Å². The highest BCUT2D eigenvalue weighted by Gasteiger charge is 2.53. The molecule has 0 spiro atoms. The van der Waals surface area contributed by atoms with Gasteiger partial charge in [0.25, 0.3) is 0 Å². The number of hydrogen-bond donors (Lipinski definition) is 1. The summed E-state index contributed by atoms with van der Waals surface area (Å²) in [5.74, 6) is 2.66. The monoisotopic (exact) mass is 370 g/mol. The molecule has 2 saturated carbocycles. The molecule has 4 rings (SSSR count). The molecule has 5 atom stereocenters. The van der Waals surface area contributed by atoms with E-state index in [-0.39, 0.29) is 11.5 Å². The average molecular weight is 371 g/mol. The van der Waals surface area contributed by atoms with Crippen LogP contribution in [0.1, 0.15) is 105 Å². The largest absolute Gasteiger partial charge is 0.393 e. The number of allylic oxidation sites excluding steroid dienone is 3. The average Bonchev–Trinajstić information content (AvgIpc) is 2.96. The number of hydrogen-bond acceptors (Lipinski definition) is 1. The molecule has 0 radical (unpaired) electrons. The van der Waals surface area contributed by atoms with Crippen molar-refractivity contribution in [1.82, 2.24) is 0 Å². The van der Waals surface area contributed by atoms with Gasteiger partial charge in [-0.3, -0.25) is 0 Å². The normalized spacial score (nSPS) is 41.3. The second-order valence-electron chi connectivity index (χ2n) is 11.2. The number of fused-ring (bicyclic) bond motifs is 4. The molecule has 2 fully saturated rings. The number of aliphatic hydroxyl groups excluding tert-OH is 1. The van der Waals surface area contributed by atoms with Crippen molar-refractivity contribution in [2.45, 2.75) is 111 Å². The fourth-order valence-electron chi connectivity index (χ4n) is 7.42. The molecule has 5 unspecified atom stereocenters. The zero-order valence-electron chi connectivity index (χ0n) is 18.3. The first-order valence-corrected chi connectivity index (χ1v) is 11.9. The van der Waals surface area contributed by atoms with Crippen LogP contribution in [0, 0.1) is 28.6 Å². The Morgan fingerprint density at radius 3 is 2.70 bits per heavy atom. The lowest BCUT2D eigenvalue weighted by molar-refractivity contribution is 0.103. The van der Waals surface area contributed by atoms with Crippen LogP contribution in [-0.4, -0.2) is 11.2 Å². The molecule has 0 bridgehead atoms. The predicted molar refractivity (Wildman–Crippen MR) is 115 cm³/mol. The minimum atomic E-state index is -0.0953. The van der Waals surface area contributed by atoms with Crippen LogP contribution in [0.4, 0.5) is 0 Å². The molecule has 0 aromatic carbocycles. The summed E-state index contributed by atoms with van der Waals surface area (Å²) >= 11 is 0. The summed E-state index contributed by atoms with van der Waals surface area (Å²) in [6.07, 6.45) is 18.1. The molecular formula is C26H42O. The summed E-state index contributed by atoms with van der Waals surface area (Å²) < 4.78 is 0. The number of aliphatic hydroxyl groups is 1. The molecule has 4 aliphatic rings. The van der Waals surface area contributed by atoms with E-state index in [0.29, 0.717) is 5.41 Å². The van der Waals surface area contributed by atoms with Gasteiger partial charge in [-0.05, 0) is 81.0 Å². The first-order valence-electron chi connectivity index (χ1n) is 11.9. The third kappa shape index (κ3) is 3.37. The van der Waals surface area contributed by atoms with Gasteiger partial charge in [-0.15, -0.1) is 0 Å². The van der Waals surface area contributed by atoms with E-state index in [2.05, 4.69) is 33.8 Å². The van der Waals surface area contributed by atoms with Gasteiger partial charge < -0.3 is 5.11 Å². The molecule has 0 heterocycles. The van der Waals surface area contributed by atoms with Gasteiger partial charge in [-0.25, -0.2) is 0 Å². The van der Waals surface area contributed by atoms with E-state index >= 15 is 0 Å². The zero-order valence-corrected chi connectivity index (χ0v) is 18.3. The Kier molecular flexibility index (Phi) is 5.38.